The lowest BCUT2D eigenvalue weighted by molar-refractivity contribution is 0.100. The van der Waals surface area contributed by atoms with Crippen molar-refractivity contribution in [3.8, 4) is 22.9 Å². The summed E-state index contributed by atoms with van der Waals surface area (Å²) in [4.78, 5) is 17.3. The van der Waals surface area contributed by atoms with Crippen molar-refractivity contribution in [3.05, 3.63) is 35.7 Å². The van der Waals surface area contributed by atoms with E-state index in [1.165, 1.54) is 0 Å². The van der Waals surface area contributed by atoms with Gasteiger partial charge in [0.1, 0.15) is 5.69 Å². The minimum absolute atomic E-state index is 0.383. The molecule has 0 atom stereocenters. The zero-order valence-corrected chi connectivity index (χ0v) is 18.3. The maximum atomic E-state index is 11.9. The first-order valence-electron chi connectivity index (χ1n) is 10.3. The van der Waals surface area contributed by atoms with E-state index in [4.69, 9.17) is 5.73 Å². The van der Waals surface area contributed by atoms with Crippen LogP contribution in [0.3, 0.4) is 0 Å². The zero-order valence-electron chi connectivity index (χ0n) is 18.3. The average Bonchev–Trinajstić information content (AvgIpc) is 3.43. The molecule has 0 spiro atoms. The van der Waals surface area contributed by atoms with E-state index < -0.39 is 5.91 Å². The van der Waals surface area contributed by atoms with Crippen molar-refractivity contribution in [3.63, 3.8) is 0 Å². The Labute approximate surface area is 180 Å². The Morgan fingerprint density at radius 3 is 2.65 bits per heavy atom. The SMILES string of the molecule is CCn1nc(C)cc1-c1nnc(-c2cc(C(N)=O)cc3nn(CCCN(C)C)cc23)[nH]1. The summed E-state index contributed by atoms with van der Waals surface area (Å²) in [6, 6.07) is 5.42. The number of rotatable bonds is 8. The van der Waals surface area contributed by atoms with Gasteiger partial charge in [0.2, 0.25) is 5.91 Å². The lowest BCUT2D eigenvalue weighted by Gasteiger charge is -2.08. The van der Waals surface area contributed by atoms with E-state index in [1.54, 1.807) is 12.1 Å². The number of primary amides is 1. The van der Waals surface area contributed by atoms with Crippen LogP contribution in [0.25, 0.3) is 33.8 Å². The van der Waals surface area contributed by atoms with E-state index in [1.807, 2.05) is 49.6 Å². The van der Waals surface area contributed by atoms with Crippen molar-refractivity contribution in [1.82, 2.24) is 39.6 Å². The number of H-pyrrole nitrogens is 1. The van der Waals surface area contributed by atoms with Gasteiger partial charge in [-0.15, -0.1) is 10.2 Å². The maximum absolute atomic E-state index is 11.9. The van der Waals surface area contributed by atoms with Gasteiger partial charge in [-0.3, -0.25) is 14.2 Å². The van der Waals surface area contributed by atoms with Gasteiger partial charge in [0.05, 0.1) is 11.2 Å². The number of aryl methyl sites for hydroxylation is 3. The van der Waals surface area contributed by atoms with E-state index in [2.05, 4.69) is 30.3 Å². The predicted octanol–water partition coefficient (Wildman–Crippen LogP) is 2.06. The molecule has 3 aromatic heterocycles. The number of nitrogens with two attached hydrogens (primary N) is 1. The summed E-state index contributed by atoms with van der Waals surface area (Å²) in [7, 11) is 4.09. The molecule has 162 valence electrons. The molecule has 1 aromatic carbocycles. The van der Waals surface area contributed by atoms with Gasteiger partial charge in [-0.2, -0.15) is 10.2 Å². The standard InChI is InChI=1S/C21H27N9O/c1-5-30-18(9-13(2)26-30)21-23-20(24-25-21)15-10-14(19(22)31)11-17-16(15)12-29(27-17)8-6-7-28(3)4/h9-12H,5-8H2,1-4H3,(H2,22,31)(H,23,24,25). The first-order chi connectivity index (χ1) is 14.9. The van der Waals surface area contributed by atoms with E-state index in [9.17, 15) is 4.79 Å². The molecule has 3 heterocycles. The first-order valence-corrected chi connectivity index (χ1v) is 10.3. The van der Waals surface area contributed by atoms with Gasteiger partial charge in [0, 0.05) is 35.8 Å². The van der Waals surface area contributed by atoms with Gasteiger partial charge in [-0.1, -0.05) is 0 Å². The Morgan fingerprint density at radius 2 is 1.94 bits per heavy atom. The smallest absolute Gasteiger partial charge is 0.248 e. The van der Waals surface area contributed by atoms with Gasteiger partial charge in [0.25, 0.3) is 0 Å². The summed E-state index contributed by atoms with van der Waals surface area (Å²) < 4.78 is 3.77. The fourth-order valence-corrected chi connectivity index (χ4v) is 3.65. The molecular formula is C21H27N9O. The third-order valence-corrected chi connectivity index (χ3v) is 5.14. The Bertz CT molecular complexity index is 1230. The molecule has 0 fully saturated rings. The fourth-order valence-electron chi connectivity index (χ4n) is 3.65. The topological polar surface area (TPSA) is 124 Å². The molecule has 0 aliphatic carbocycles. The minimum Gasteiger partial charge on any atom is -0.366 e. The Hall–Kier alpha value is -3.53. The Morgan fingerprint density at radius 1 is 1.16 bits per heavy atom. The number of fused-ring (bicyclic) bond motifs is 1. The van der Waals surface area contributed by atoms with Gasteiger partial charge in [0.15, 0.2) is 11.6 Å². The second kappa shape index (κ2) is 8.31. The van der Waals surface area contributed by atoms with E-state index >= 15 is 0 Å². The number of benzene rings is 1. The van der Waals surface area contributed by atoms with Crippen LogP contribution in [0, 0.1) is 6.92 Å². The van der Waals surface area contributed by atoms with Crippen molar-refractivity contribution in [2.75, 3.05) is 20.6 Å². The van der Waals surface area contributed by atoms with Gasteiger partial charge < -0.3 is 15.6 Å². The number of aromatic amines is 1. The third-order valence-electron chi connectivity index (χ3n) is 5.14. The molecule has 0 saturated heterocycles. The van der Waals surface area contributed by atoms with E-state index in [0.29, 0.717) is 22.7 Å². The number of aromatic nitrogens is 7. The lowest BCUT2D eigenvalue weighted by atomic mass is 10.1. The van der Waals surface area contributed by atoms with E-state index in [0.717, 1.165) is 48.4 Å². The summed E-state index contributed by atoms with van der Waals surface area (Å²) in [5.41, 5.74) is 9.16. The number of hydrogen-bond acceptors (Lipinski definition) is 6. The van der Waals surface area contributed by atoms with Gasteiger partial charge in [-0.25, -0.2) is 0 Å². The number of carbonyl (C=O) groups excluding carboxylic acids is 1. The highest BCUT2D eigenvalue weighted by atomic mass is 16.1. The summed E-state index contributed by atoms with van der Waals surface area (Å²) in [6.45, 7) is 6.43. The molecule has 4 rings (SSSR count). The van der Waals surface area contributed by atoms with E-state index in [-0.39, 0.29) is 0 Å². The summed E-state index contributed by atoms with van der Waals surface area (Å²) >= 11 is 0. The molecule has 0 aliphatic heterocycles. The zero-order chi connectivity index (χ0) is 22.1. The summed E-state index contributed by atoms with van der Waals surface area (Å²) in [6.07, 6.45) is 2.94. The largest absolute Gasteiger partial charge is 0.366 e. The molecule has 31 heavy (non-hydrogen) atoms. The van der Waals surface area contributed by atoms with Crippen molar-refractivity contribution < 1.29 is 4.79 Å². The normalized spacial score (nSPS) is 11.6. The van der Waals surface area contributed by atoms with Crippen LogP contribution >= 0.6 is 0 Å². The van der Waals surface area contributed by atoms with Crippen LogP contribution in [-0.4, -0.2) is 66.2 Å². The van der Waals surface area contributed by atoms with Crippen molar-refractivity contribution in [1.29, 1.82) is 0 Å². The summed E-state index contributed by atoms with van der Waals surface area (Å²) in [5, 5.41) is 18.7. The molecule has 0 bridgehead atoms. The minimum atomic E-state index is -0.510. The lowest BCUT2D eigenvalue weighted by Crippen LogP contribution is -2.15. The Balaban J connectivity index is 1.76. The molecule has 4 aromatic rings. The van der Waals surface area contributed by atoms with Crippen LogP contribution in [0.15, 0.2) is 24.4 Å². The monoisotopic (exact) mass is 421 g/mol. The molecule has 0 unspecified atom stereocenters. The van der Waals surface area contributed by atoms with Crippen molar-refractivity contribution >= 4 is 16.8 Å². The maximum Gasteiger partial charge on any atom is 0.248 e. The summed E-state index contributed by atoms with van der Waals surface area (Å²) in [5.74, 6) is 0.663. The van der Waals surface area contributed by atoms with Gasteiger partial charge in [-0.05, 0) is 59.1 Å². The number of nitrogens with zero attached hydrogens (tertiary/aromatic N) is 7. The van der Waals surface area contributed by atoms with Gasteiger partial charge >= 0.3 is 0 Å². The number of hydrogen-bond donors (Lipinski definition) is 2. The van der Waals surface area contributed by atoms with Crippen LogP contribution in [0.2, 0.25) is 0 Å². The average molecular weight is 422 g/mol. The van der Waals surface area contributed by atoms with Crippen molar-refractivity contribution in [2.24, 2.45) is 5.73 Å². The molecule has 0 aliphatic rings. The highest BCUT2D eigenvalue weighted by Gasteiger charge is 2.18. The second-order valence-corrected chi connectivity index (χ2v) is 7.88. The molecule has 1 amide bonds. The predicted molar refractivity (Wildman–Crippen MR) is 118 cm³/mol. The quantitative estimate of drug-likeness (QED) is 0.449. The van der Waals surface area contributed by atoms with Crippen molar-refractivity contribution in [2.45, 2.75) is 33.4 Å². The van der Waals surface area contributed by atoms with Crippen LogP contribution < -0.4 is 5.73 Å². The Kier molecular flexibility index (Phi) is 5.55. The number of nitrogens with one attached hydrogen (secondary N) is 1. The molecule has 10 heteroatoms. The van der Waals surface area contributed by atoms with Crippen LogP contribution in [0.5, 0.6) is 0 Å². The molecule has 3 N–H and O–H groups in total. The number of carbonyl (C=O) groups is 1. The van der Waals surface area contributed by atoms with Crippen LogP contribution in [-0.2, 0) is 13.1 Å². The van der Waals surface area contributed by atoms with Crippen LogP contribution in [0.4, 0.5) is 0 Å². The highest BCUT2D eigenvalue weighted by molar-refractivity contribution is 6.02. The molecule has 0 radical (unpaired) electrons. The highest BCUT2D eigenvalue weighted by Crippen LogP contribution is 2.29. The number of amides is 1. The first kappa shape index (κ1) is 20.7. The van der Waals surface area contributed by atoms with Crippen LogP contribution in [0.1, 0.15) is 29.4 Å². The second-order valence-electron chi connectivity index (χ2n) is 7.88. The molecule has 0 saturated carbocycles. The fraction of sp³-hybridized carbons (Fsp3) is 0.381. The molecule has 10 nitrogen and oxygen atoms in total. The third kappa shape index (κ3) is 4.19. The molecular weight excluding hydrogens is 394 g/mol.